The lowest BCUT2D eigenvalue weighted by Crippen LogP contribution is -1.96. The summed E-state index contributed by atoms with van der Waals surface area (Å²) in [5.41, 5.74) is 7.19. The van der Waals surface area contributed by atoms with Gasteiger partial charge < -0.3 is 10.5 Å². The lowest BCUT2D eigenvalue weighted by molar-refractivity contribution is 0.454. The second kappa shape index (κ2) is 4.49. The summed E-state index contributed by atoms with van der Waals surface area (Å²) in [5.74, 6) is 0.977. The van der Waals surface area contributed by atoms with Crippen molar-refractivity contribution in [3.05, 3.63) is 40.5 Å². The molecule has 2 N–H and O–H groups in total. The van der Waals surface area contributed by atoms with Crippen molar-refractivity contribution in [2.45, 2.75) is 6.92 Å². The fraction of sp³-hybridized carbons (Fsp3) is 0.0909. The lowest BCUT2D eigenvalue weighted by Gasteiger charge is -2.08. The largest absolute Gasteiger partial charge is 0.434 e. The molecular formula is C11H10BrN3O. The van der Waals surface area contributed by atoms with Crippen LogP contribution in [-0.2, 0) is 0 Å². The third-order valence-corrected chi connectivity index (χ3v) is 2.60. The first-order valence-corrected chi connectivity index (χ1v) is 5.48. The van der Waals surface area contributed by atoms with E-state index in [0.717, 1.165) is 10.2 Å². The Morgan fingerprint density at radius 2 is 2.00 bits per heavy atom. The van der Waals surface area contributed by atoms with Crippen LogP contribution >= 0.6 is 15.9 Å². The van der Waals surface area contributed by atoms with E-state index in [2.05, 4.69) is 26.1 Å². The molecule has 0 unspecified atom stereocenters. The van der Waals surface area contributed by atoms with Gasteiger partial charge in [-0.05, 0) is 41.1 Å². The van der Waals surface area contributed by atoms with Gasteiger partial charge in [-0.2, -0.15) is 5.10 Å². The van der Waals surface area contributed by atoms with Crippen molar-refractivity contribution in [1.29, 1.82) is 0 Å². The first kappa shape index (κ1) is 10.9. The number of hydrogen-bond donors (Lipinski definition) is 1. The number of ether oxygens (including phenoxy) is 1. The lowest BCUT2D eigenvalue weighted by atomic mass is 10.3. The van der Waals surface area contributed by atoms with Crippen LogP contribution in [0.5, 0.6) is 11.6 Å². The maximum atomic E-state index is 5.80. The van der Waals surface area contributed by atoms with Crippen LogP contribution in [0.25, 0.3) is 0 Å². The summed E-state index contributed by atoms with van der Waals surface area (Å²) in [6.45, 7) is 1.86. The predicted octanol–water partition coefficient (Wildman–Crippen LogP) is 2.92. The molecule has 2 aromatic rings. The summed E-state index contributed by atoms with van der Waals surface area (Å²) < 4.78 is 6.34. The van der Waals surface area contributed by atoms with Crippen molar-refractivity contribution in [1.82, 2.24) is 10.2 Å². The topological polar surface area (TPSA) is 61.0 Å². The molecule has 2 rings (SSSR count). The minimum Gasteiger partial charge on any atom is -0.434 e. The molecule has 0 spiro atoms. The number of aryl methyl sites for hydroxylation is 1. The minimum atomic E-state index is 0.421. The first-order valence-electron chi connectivity index (χ1n) is 4.69. The molecule has 0 amide bonds. The van der Waals surface area contributed by atoms with E-state index in [-0.39, 0.29) is 0 Å². The number of anilines is 1. The molecule has 16 heavy (non-hydrogen) atoms. The van der Waals surface area contributed by atoms with Crippen LogP contribution in [0.2, 0.25) is 0 Å². The fourth-order valence-corrected chi connectivity index (χ4v) is 1.64. The van der Waals surface area contributed by atoms with Crippen LogP contribution in [-0.4, -0.2) is 10.2 Å². The molecular weight excluding hydrogens is 270 g/mol. The van der Waals surface area contributed by atoms with E-state index < -0.39 is 0 Å². The number of benzene rings is 1. The predicted molar refractivity (Wildman–Crippen MR) is 65.4 cm³/mol. The maximum Gasteiger partial charge on any atom is 0.239 e. The summed E-state index contributed by atoms with van der Waals surface area (Å²) >= 11 is 3.37. The molecule has 82 valence electrons. The SMILES string of the molecule is Cc1ccc(Oc2c(N)cccc2Br)nn1. The van der Waals surface area contributed by atoms with Crippen LogP contribution in [0.1, 0.15) is 5.69 Å². The molecule has 1 aromatic heterocycles. The van der Waals surface area contributed by atoms with E-state index in [1.54, 1.807) is 12.1 Å². The molecule has 1 heterocycles. The highest BCUT2D eigenvalue weighted by Crippen LogP contribution is 2.33. The van der Waals surface area contributed by atoms with Gasteiger partial charge in [-0.3, -0.25) is 0 Å². The molecule has 0 saturated heterocycles. The Morgan fingerprint density at radius 1 is 1.19 bits per heavy atom. The summed E-state index contributed by atoms with van der Waals surface area (Å²) in [6, 6.07) is 9.04. The van der Waals surface area contributed by atoms with E-state index in [1.807, 2.05) is 25.1 Å². The Morgan fingerprint density at radius 3 is 2.62 bits per heavy atom. The van der Waals surface area contributed by atoms with Gasteiger partial charge in [0, 0.05) is 6.07 Å². The zero-order valence-electron chi connectivity index (χ0n) is 8.64. The van der Waals surface area contributed by atoms with Crippen molar-refractivity contribution < 1.29 is 4.74 Å². The number of nitrogens with zero attached hydrogens (tertiary/aromatic N) is 2. The van der Waals surface area contributed by atoms with Crippen molar-refractivity contribution >= 4 is 21.6 Å². The smallest absolute Gasteiger partial charge is 0.239 e. The van der Waals surface area contributed by atoms with Crippen LogP contribution in [0, 0.1) is 6.92 Å². The quantitative estimate of drug-likeness (QED) is 0.859. The summed E-state index contributed by atoms with van der Waals surface area (Å²) in [6.07, 6.45) is 0. The molecule has 0 radical (unpaired) electrons. The van der Waals surface area contributed by atoms with E-state index in [0.29, 0.717) is 17.3 Å². The number of nitrogens with two attached hydrogens (primary N) is 1. The van der Waals surface area contributed by atoms with Crippen molar-refractivity contribution in [3.8, 4) is 11.6 Å². The number of aromatic nitrogens is 2. The molecule has 1 aromatic carbocycles. The number of halogens is 1. The van der Waals surface area contributed by atoms with Gasteiger partial charge in [0.15, 0.2) is 5.75 Å². The van der Waals surface area contributed by atoms with Gasteiger partial charge in [0.25, 0.3) is 0 Å². The van der Waals surface area contributed by atoms with Crippen LogP contribution in [0.4, 0.5) is 5.69 Å². The van der Waals surface area contributed by atoms with Gasteiger partial charge in [0.1, 0.15) is 0 Å². The summed E-state index contributed by atoms with van der Waals surface area (Å²) in [5, 5.41) is 7.81. The van der Waals surface area contributed by atoms with E-state index in [1.165, 1.54) is 0 Å². The van der Waals surface area contributed by atoms with Crippen LogP contribution < -0.4 is 10.5 Å². The van der Waals surface area contributed by atoms with Crippen molar-refractivity contribution in [2.24, 2.45) is 0 Å². The highest BCUT2D eigenvalue weighted by molar-refractivity contribution is 9.10. The van der Waals surface area contributed by atoms with E-state index in [9.17, 15) is 0 Å². The first-order chi connectivity index (χ1) is 7.66. The standard InChI is InChI=1S/C11H10BrN3O/c1-7-5-6-10(15-14-7)16-11-8(12)3-2-4-9(11)13/h2-6H,13H2,1H3. The van der Waals surface area contributed by atoms with Gasteiger partial charge in [-0.25, -0.2) is 0 Å². The second-order valence-corrected chi connectivity index (χ2v) is 4.13. The zero-order valence-corrected chi connectivity index (χ0v) is 10.2. The summed E-state index contributed by atoms with van der Waals surface area (Å²) in [7, 11) is 0. The highest BCUT2D eigenvalue weighted by atomic mass is 79.9. The molecule has 0 aliphatic heterocycles. The van der Waals surface area contributed by atoms with Gasteiger partial charge in [-0.1, -0.05) is 6.07 Å². The zero-order chi connectivity index (χ0) is 11.5. The normalized spacial score (nSPS) is 10.1. The third-order valence-electron chi connectivity index (χ3n) is 1.98. The molecule has 0 saturated carbocycles. The number of para-hydroxylation sites is 1. The average Bonchev–Trinajstić information content (AvgIpc) is 2.26. The Kier molecular flexibility index (Phi) is 3.05. The Balaban J connectivity index is 2.30. The second-order valence-electron chi connectivity index (χ2n) is 3.27. The minimum absolute atomic E-state index is 0.421. The molecule has 0 atom stereocenters. The van der Waals surface area contributed by atoms with E-state index >= 15 is 0 Å². The van der Waals surface area contributed by atoms with E-state index in [4.69, 9.17) is 10.5 Å². The van der Waals surface area contributed by atoms with Crippen LogP contribution in [0.15, 0.2) is 34.8 Å². The maximum absolute atomic E-state index is 5.80. The molecule has 4 nitrogen and oxygen atoms in total. The Hall–Kier alpha value is -1.62. The molecule has 0 aliphatic carbocycles. The molecule has 0 fully saturated rings. The molecule has 0 bridgehead atoms. The number of nitrogen functional groups attached to an aromatic ring is 1. The summed E-state index contributed by atoms with van der Waals surface area (Å²) in [4.78, 5) is 0. The highest BCUT2D eigenvalue weighted by Gasteiger charge is 2.07. The monoisotopic (exact) mass is 279 g/mol. The number of rotatable bonds is 2. The third kappa shape index (κ3) is 2.30. The molecule has 5 heteroatoms. The van der Waals surface area contributed by atoms with Crippen molar-refractivity contribution in [2.75, 3.05) is 5.73 Å². The average molecular weight is 280 g/mol. The van der Waals surface area contributed by atoms with Crippen molar-refractivity contribution in [3.63, 3.8) is 0 Å². The Bertz CT molecular complexity index is 479. The number of hydrogen-bond acceptors (Lipinski definition) is 4. The van der Waals surface area contributed by atoms with Crippen LogP contribution in [0.3, 0.4) is 0 Å². The molecule has 0 aliphatic rings. The fourth-order valence-electron chi connectivity index (χ4n) is 1.18. The van der Waals surface area contributed by atoms with Gasteiger partial charge in [0.05, 0.1) is 15.9 Å². The van der Waals surface area contributed by atoms with Gasteiger partial charge in [-0.15, -0.1) is 5.10 Å². The Labute approximate surface area is 102 Å². The van der Waals surface area contributed by atoms with Gasteiger partial charge >= 0.3 is 0 Å². The van der Waals surface area contributed by atoms with Gasteiger partial charge in [0.2, 0.25) is 5.88 Å².